The zero-order valence-corrected chi connectivity index (χ0v) is 12.8. The summed E-state index contributed by atoms with van der Waals surface area (Å²) < 4.78 is 0. The van der Waals surface area contributed by atoms with Gasteiger partial charge in [-0.25, -0.2) is 4.98 Å². The van der Waals surface area contributed by atoms with E-state index in [4.69, 9.17) is 0 Å². The Hall–Kier alpha value is -0.940. The number of nitrogens with one attached hydrogen (secondary N) is 1. The van der Waals surface area contributed by atoms with Gasteiger partial charge in [-0.3, -0.25) is 4.79 Å². The van der Waals surface area contributed by atoms with Gasteiger partial charge in [0.2, 0.25) is 0 Å². The molecule has 1 aromatic rings. The lowest BCUT2D eigenvalue weighted by Gasteiger charge is -2.31. The summed E-state index contributed by atoms with van der Waals surface area (Å²) in [5.41, 5.74) is 2.58. The number of aromatic nitrogens is 1. The van der Waals surface area contributed by atoms with E-state index >= 15 is 0 Å². The van der Waals surface area contributed by atoms with Crippen molar-refractivity contribution in [2.45, 2.75) is 46.5 Å². The molecule has 108 valence electrons. The number of hydrogen-bond acceptors (Lipinski definition) is 4. The summed E-state index contributed by atoms with van der Waals surface area (Å²) in [6, 6.07) is 0. The third kappa shape index (κ3) is 4.01. The SMILES string of the molecule is CCc1ncsc1C(=O)NCC(CC)(CC)CCO. The second-order valence-electron chi connectivity index (χ2n) is 4.85. The lowest BCUT2D eigenvalue weighted by Crippen LogP contribution is -2.37. The predicted octanol–water partition coefficient (Wildman–Crippen LogP) is 2.62. The molecule has 0 fully saturated rings. The molecule has 0 atom stereocenters. The van der Waals surface area contributed by atoms with E-state index in [2.05, 4.69) is 24.1 Å². The Bertz CT molecular complexity index is 400. The molecule has 19 heavy (non-hydrogen) atoms. The first-order valence-corrected chi connectivity index (χ1v) is 7.81. The highest BCUT2D eigenvalue weighted by Crippen LogP contribution is 2.29. The fraction of sp³-hybridized carbons (Fsp3) is 0.714. The summed E-state index contributed by atoms with van der Waals surface area (Å²) in [4.78, 5) is 17.1. The molecule has 0 saturated heterocycles. The van der Waals surface area contributed by atoms with Crippen molar-refractivity contribution in [3.8, 4) is 0 Å². The van der Waals surface area contributed by atoms with Crippen molar-refractivity contribution in [1.82, 2.24) is 10.3 Å². The third-order valence-corrected chi connectivity index (χ3v) is 4.82. The lowest BCUT2D eigenvalue weighted by atomic mass is 9.79. The Labute approximate surface area is 119 Å². The maximum Gasteiger partial charge on any atom is 0.263 e. The molecule has 0 radical (unpaired) electrons. The number of rotatable bonds is 8. The van der Waals surface area contributed by atoms with E-state index in [1.165, 1.54) is 11.3 Å². The van der Waals surface area contributed by atoms with Crippen LogP contribution in [0.3, 0.4) is 0 Å². The molecule has 1 amide bonds. The van der Waals surface area contributed by atoms with E-state index in [1.54, 1.807) is 5.51 Å². The first-order chi connectivity index (χ1) is 9.12. The largest absolute Gasteiger partial charge is 0.396 e. The topological polar surface area (TPSA) is 62.2 Å². The molecule has 0 aliphatic heterocycles. The van der Waals surface area contributed by atoms with Crippen LogP contribution in [0.4, 0.5) is 0 Å². The second kappa shape index (κ2) is 7.60. The Morgan fingerprint density at radius 2 is 2.11 bits per heavy atom. The van der Waals surface area contributed by atoms with Crippen LogP contribution in [0.5, 0.6) is 0 Å². The number of hydrogen-bond donors (Lipinski definition) is 2. The smallest absolute Gasteiger partial charge is 0.263 e. The van der Waals surface area contributed by atoms with Crippen LogP contribution < -0.4 is 5.32 Å². The summed E-state index contributed by atoms with van der Waals surface area (Å²) in [5, 5.41) is 12.2. The van der Waals surface area contributed by atoms with Crippen molar-refractivity contribution >= 4 is 17.2 Å². The first-order valence-electron chi connectivity index (χ1n) is 6.93. The number of aryl methyl sites for hydroxylation is 1. The second-order valence-corrected chi connectivity index (χ2v) is 5.70. The molecule has 0 aliphatic rings. The fourth-order valence-corrected chi connectivity index (χ4v) is 3.03. The van der Waals surface area contributed by atoms with Gasteiger partial charge in [0.15, 0.2) is 0 Å². The molecule has 1 heterocycles. The summed E-state index contributed by atoms with van der Waals surface area (Å²) in [6.45, 7) is 6.99. The van der Waals surface area contributed by atoms with Gasteiger partial charge in [-0.1, -0.05) is 20.8 Å². The van der Waals surface area contributed by atoms with E-state index < -0.39 is 0 Å². The highest BCUT2D eigenvalue weighted by molar-refractivity contribution is 7.11. The number of carbonyl (C=O) groups excluding carboxylic acids is 1. The Morgan fingerprint density at radius 1 is 1.42 bits per heavy atom. The van der Waals surface area contributed by atoms with Crippen molar-refractivity contribution in [3.63, 3.8) is 0 Å². The lowest BCUT2D eigenvalue weighted by molar-refractivity contribution is 0.0910. The van der Waals surface area contributed by atoms with E-state index in [0.29, 0.717) is 11.4 Å². The third-order valence-electron chi connectivity index (χ3n) is 3.95. The van der Waals surface area contributed by atoms with Gasteiger partial charge < -0.3 is 10.4 Å². The van der Waals surface area contributed by atoms with E-state index in [9.17, 15) is 9.90 Å². The zero-order valence-electron chi connectivity index (χ0n) is 12.0. The first kappa shape index (κ1) is 16.1. The summed E-state index contributed by atoms with van der Waals surface area (Å²) in [7, 11) is 0. The van der Waals surface area contributed by atoms with E-state index in [-0.39, 0.29) is 17.9 Å². The number of nitrogens with zero attached hydrogens (tertiary/aromatic N) is 1. The minimum Gasteiger partial charge on any atom is -0.396 e. The summed E-state index contributed by atoms with van der Waals surface area (Å²) in [6.07, 6.45) is 3.40. The zero-order chi connectivity index (χ0) is 14.3. The van der Waals surface area contributed by atoms with Crippen LogP contribution in [0.2, 0.25) is 0 Å². The van der Waals surface area contributed by atoms with Crippen LogP contribution in [-0.4, -0.2) is 29.1 Å². The Morgan fingerprint density at radius 3 is 2.63 bits per heavy atom. The van der Waals surface area contributed by atoms with Crippen LogP contribution >= 0.6 is 11.3 Å². The Kier molecular flexibility index (Phi) is 6.45. The van der Waals surface area contributed by atoms with Crippen LogP contribution in [0.1, 0.15) is 55.4 Å². The molecule has 2 N–H and O–H groups in total. The maximum atomic E-state index is 12.2. The maximum absolute atomic E-state index is 12.2. The van der Waals surface area contributed by atoms with Gasteiger partial charge >= 0.3 is 0 Å². The molecule has 0 unspecified atom stereocenters. The molecule has 0 aliphatic carbocycles. The Balaban J connectivity index is 2.67. The van der Waals surface area contributed by atoms with Crippen LogP contribution in [0, 0.1) is 5.41 Å². The number of carbonyl (C=O) groups is 1. The van der Waals surface area contributed by atoms with Gasteiger partial charge in [0.05, 0.1) is 11.2 Å². The minimum atomic E-state index is -0.0384. The van der Waals surface area contributed by atoms with E-state index in [1.807, 2.05) is 6.92 Å². The minimum absolute atomic E-state index is 0.00146. The summed E-state index contributed by atoms with van der Waals surface area (Å²) >= 11 is 1.39. The van der Waals surface area contributed by atoms with Crippen molar-refractivity contribution in [3.05, 3.63) is 16.1 Å². The molecule has 1 rings (SSSR count). The summed E-state index contributed by atoms with van der Waals surface area (Å²) in [5.74, 6) is -0.0384. The molecular weight excluding hydrogens is 260 g/mol. The molecule has 0 spiro atoms. The molecular formula is C14H24N2O2S. The number of amides is 1. The number of aliphatic hydroxyl groups is 1. The van der Waals surface area contributed by atoms with E-state index in [0.717, 1.165) is 31.4 Å². The van der Waals surface area contributed by atoms with Crippen LogP contribution in [-0.2, 0) is 6.42 Å². The molecule has 0 bridgehead atoms. The quantitative estimate of drug-likeness (QED) is 0.771. The predicted molar refractivity (Wildman–Crippen MR) is 78.5 cm³/mol. The molecule has 4 nitrogen and oxygen atoms in total. The fourth-order valence-electron chi connectivity index (χ4n) is 2.23. The highest BCUT2D eigenvalue weighted by Gasteiger charge is 2.26. The van der Waals surface area contributed by atoms with Gasteiger partial charge in [-0.05, 0) is 31.1 Å². The van der Waals surface area contributed by atoms with Gasteiger partial charge in [0.25, 0.3) is 5.91 Å². The van der Waals surface area contributed by atoms with Gasteiger partial charge in [0, 0.05) is 13.2 Å². The van der Waals surface area contributed by atoms with Crippen molar-refractivity contribution in [1.29, 1.82) is 0 Å². The monoisotopic (exact) mass is 284 g/mol. The molecule has 5 heteroatoms. The molecule has 0 saturated carbocycles. The average molecular weight is 284 g/mol. The number of thiazole rings is 1. The number of aliphatic hydroxyl groups excluding tert-OH is 1. The van der Waals surface area contributed by atoms with Gasteiger partial charge in [-0.15, -0.1) is 11.3 Å². The normalized spacial score (nSPS) is 11.6. The molecule has 1 aromatic heterocycles. The van der Waals surface area contributed by atoms with Crippen molar-refractivity contribution in [2.24, 2.45) is 5.41 Å². The van der Waals surface area contributed by atoms with Gasteiger partial charge in [0.1, 0.15) is 4.88 Å². The van der Waals surface area contributed by atoms with Crippen LogP contribution in [0.25, 0.3) is 0 Å². The highest BCUT2D eigenvalue weighted by atomic mass is 32.1. The van der Waals surface area contributed by atoms with Gasteiger partial charge in [-0.2, -0.15) is 0 Å². The van der Waals surface area contributed by atoms with Crippen LogP contribution in [0.15, 0.2) is 5.51 Å². The van der Waals surface area contributed by atoms with Crippen molar-refractivity contribution < 1.29 is 9.90 Å². The standard InChI is InChI=1S/C14H24N2O2S/c1-4-11-12(19-10-16-11)13(18)15-9-14(5-2,6-3)7-8-17/h10,17H,4-9H2,1-3H3,(H,15,18). The average Bonchev–Trinajstić information content (AvgIpc) is 2.91. The van der Waals surface area contributed by atoms with Crippen molar-refractivity contribution in [2.75, 3.05) is 13.2 Å². The molecule has 0 aromatic carbocycles.